The number of furan rings is 1. The molecule has 2 heterocycles. The fourth-order valence-electron chi connectivity index (χ4n) is 2.21. The van der Waals surface area contributed by atoms with E-state index in [1.807, 2.05) is 0 Å². The van der Waals surface area contributed by atoms with Gasteiger partial charge in [0.1, 0.15) is 28.6 Å². The molecule has 118 valence electrons. The number of rotatable bonds is 4. The lowest BCUT2D eigenvalue weighted by atomic mass is 9.96. The van der Waals surface area contributed by atoms with E-state index in [-0.39, 0.29) is 17.3 Å². The van der Waals surface area contributed by atoms with Crippen LogP contribution >= 0.6 is 11.6 Å². The zero-order valence-electron chi connectivity index (χ0n) is 12.9. The molecule has 2 aromatic heterocycles. The zero-order valence-corrected chi connectivity index (χ0v) is 13.7. The third-order valence-corrected chi connectivity index (χ3v) is 3.57. The highest BCUT2D eigenvalue weighted by Gasteiger charge is 2.28. The van der Waals surface area contributed by atoms with E-state index in [0.29, 0.717) is 22.9 Å². The molecule has 2 rings (SSSR count). The van der Waals surface area contributed by atoms with Crippen LogP contribution in [-0.2, 0) is 5.60 Å². The van der Waals surface area contributed by atoms with Crippen molar-refractivity contribution in [3.05, 3.63) is 45.9 Å². The van der Waals surface area contributed by atoms with Gasteiger partial charge in [0.05, 0.1) is 17.8 Å². The molecule has 1 unspecified atom stereocenters. The minimum absolute atomic E-state index is 0.00499. The van der Waals surface area contributed by atoms with E-state index in [1.165, 1.54) is 6.20 Å². The van der Waals surface area contributed by atoms with Crippen molar-refractivity contribution in [2.24, 2.45) is 0 Å². The maximum absolute atomic E-state index is 12.2. The quantitative estimate of drug-likeness (QED) is 0.901. The summed E-state index contributed by atoms with van der Waals surface area (Å²) in [7, 11) is 0. The molecular formula is C15H18ClN3O3. The van der Waals surface area contributed by atoms with Gasteiger partial charge in [-0.05, 0) is 33.8 Å². The summed E-state index contributed by atoms with van der Waals surface area (Å²) in [5, 5.41) is 13.4. The fourth-order valence-corrected chi connectivity index (χ4v) is 2.39. The highest BCUT2D eigenvalue weighted by molar-refractivity contribution is 6.33. The van der Waals surface area contributed by atoms with Gasteiger partial charge in [0.25, 0.3) is 5.91 Å². The topological polar surface area (TPSA) is 88.2 Å². The molecule has 0 fully saturated rings. The lowest BCUT2D eigenvalue weighted by Gasteiger charge is -2.23. The van der Waals surface area contributed by atoms with Crippen molar-refractivity contribution < 1.29 is 14.3 Å². The summed E-state index contributed by atoms with van der Waals surface area (Å²) in [5.41, 5.74) is -0.535. The molecule has 0 bridgehead atoms. The predicted molar refractivity (Wildman–Crippen MR) is 81.9 cm³/mol. The number of carbonyl (C=O) groups is 1. The molecule has 1 atom stereocenters. The van der Waals surface area contributed by atoms with Crippen LogP contribution in [0.2, 0.25) is 5.02 Å². The Bertz CT molecular complexity index is 710. The van der Waals surface area contributed by atoms with Crippen molar-refractivity contribution in [3.63, 3.8) is 0 Å². The Morgan fingerprint density at radius 1 is 1.45 bits per heavy atom. The molecule has 0 aliphatic rings. The van der Waals surface area contributed by atoms with Crippen molar-refractivity contribution in [1.82, 2.24) is 15.3 Å². The number of halogens is 1. The van der Waals surface area contributed by atoms with Gasteiger partial charge in [-0.15, -0.1) is 0 Å². The van der Waals surface area contributed by atoms with Gasteiger partial charge in [-0.1, -0.05) is 11.6 Å². The minimum Gasteiger partial charge on any atom is -0.466 e. The van der Waals surface area contributed by atoms with E-state index < -0.39 is 11.5 Å². The molecule has 0 radical (unpaired) electrons. The van der Waals surface area contributed by atoms with Crippen LogP contribution in [0.25, 0.3) is 0 Å². The van der Waals surface area contributed by atoms with E-state index in [0.717, 1.165) is 0 Å². The van der Waals surface area contributed by atoms with Gasteiger partial charge < -0.3 is 14.8 Å². The summed E-state index contributed by atoms with van der Waals surface area (Å²) in [6.07, 6.45) is 1.38. The van der Waals surface area contributed by atoms with E-state index in [2.05, 4.69) is 15.3 Å². The number of hydrogen-bond donors (Lipinski definition) is 2. The van der Waals surface area contributed by atoms with Gasteiger partial charge >= 0.3 is 0 Å². The number of amides is 1. The van der Waals surface area contributed by atoms with Crippen molar-refractivity contribution in [2.45, 2.75) is 33.3 Å². The molecule has 7 heteroatoms. The van der Waals surface area contributed by atoms with Gasteiger partial charge in [0.2, 0.25) is 0 Å². The SMILES string of the molecule is Cc1ncc(Cl)c(C(=O)NCC(C)(O)c2cc(C)oc2C)n1. The highest BCUT2D eigenvalue weighted by atomic mass is 35.5. The van der Waals surface area contributed by atoms with Crippen LogP contribution in [0.5, 0.6) is 0 Å². The van der Waals surface area contributed by atoms with Crippen LogP contribution in [0, 0.1) is 20.8 Å². The Labute approximate surface area is 133 Å². The molecule has 0 aliphatic carbocycles. The summed E-state index contributed by atoms with van der Waals surface area (Å²) in [6, 6.07) is 1.75. The van der Waals surface area contributed by atoms with Crippen LogP contribution in [0.1, 0.15) is 40.3 Å². The first-order valence-corrected chi connectivity index (χ1v) is 7.16. The average molecular weight is 324 g/mol. The number of aryl methyl sites for hydroxylation is 3. The van der Waals surface area contributed by atoms with E-state index in [4.69, 9.17) is 16.0 Å². The first-order chi connectivity index (χ1) is 10.2. The molecule has 22 heavy (non-hydrogen) atoms. The minimum atomic E-state index is -1.26. The van der Waals surface area contributed by atoms with Gasteiger partial charge in [-0.3, -0.25) is 4.79 Å². The monoisotopic (exact) mass is 323 g/mol. The summed E-state index contributed by atoms with van der Waals surface area (Å²) in [5.74, 6) is 1.30. The maximum atomic E-state index is 12.2. The molecule has 0 saturated carbocycles. The molecule has 0 aliphatic heterocycles. The molecule has 6 nitrogen and oxygen atoms in total. The standard InChI is InChI=1S/C15H18ClN3O3/c1-8-5-11(9(2)22-8)15(4,21)7-18-14(20)13-12(16)6-17-10(3)19-13/h5-6,21H,7H2,1-4H3,(H,18,20). The van der Waals surface area contributed by atoms with E-state index in [1.54, 1.807) is 33.8 Å². The summed E-state index contributed by atoms with van der Waals surface area (Å²) in [4.78, 5) is 20.1. The maximum Gasteiger partial charge on any atom is 0.271 e. The first kappa shape index (κ1) is 16.5. The average Bonchev–Trinajstić information content (AvgIpc) is 2.79. The number of hydrogen-bond acceptors (Lipinski definition) is 5. The molecular weight excluding hydrogens is 306 g/mol. The van der Waals surface area contributed by atoms with Gasteiger partial charge in [0, 0.05) is 5.56 Å². The van der Waals surface area contributed by atoms with Crippen LogP contribution in [0.15, 0.2) is 16.7 Å². The largest absolute Gasteiger partial charge is 0.466 e. The molecule has 0 saturated heterocycles. The Hall–Kier alpha value is -1.92. The normalized spacial score (nSPS) is 13.7. The van der Waals surface area contributed by atoms with Gasteiger partial charge in [-0.2, -0.15) is 0 Å². The summed E-state index contributed by atoms with van der Waals surface area (Å²) >= 11 is 5.92. The highest BCUT2D eigenvalue weighted by Crippen LogP contribution is 2.26. The first-order valence-electron chi connectivity index (χ1n) is 6.78. The van der Waals surface area contributed by atoms with Gasteiger partial charge in [0.15, 0.2) is 0 Å². The Balaban J connectivity index is 2.13. The summed E-state index contributed by atoms with van der Waals surface area (Å²) in [6.45, 7) is 6.85. The third-order valence-electron chi connectivity index (χ3n) is 3.29. The zero-order chi connectivity index (χ0) is 16.5. The van der Waals surface area contributed by atoms with Crippen LogP contribution in [0.4, 0.5) is 0 Å². The van der Waals surface area contributed by atoms with E-state index in [9.17, 15) is 9.90 Å². The molecule has 0 aromatic carbocycles. The summed E-state index contributed by atoms with van der Waals surface area (Å²) < 4.78 is 5.41. The van der Waals surface area contributed by atoms with Crippen LogP contribution < -0.4 is 5.32 Å². The molecule has 1 amide bonds. The van der Waals surface area contributed by atoms with Crippen molar-refractivity contribution >= 4 is 17.5 Å². The number of nitrogens with one attached hydrogen (secondary N) is 1. The Morgan fingerprint density at radius 2 is 2.14 bits per heavy atom. The third kappa shape index (κ3) is 3.45. The van der Waals surface area contributed by atoms with Crippen molar-refractivity contribution in [2.75, 3.05) is 6.54 Å². The lowest BCUT2D eigenvalue weighted by Crippen LogP contribution is -2.39. The lowest BCUT2D eigenvalue weighted by molar-refractivity contribution is 0.0512. The smallest absolute Gasteiger partial charge is 0.271 e. The van der Waals surface area contributed by atoms with Crippen LogP contribution in [0.3, 0.4) is 0 Å². The van der Waals surface area contributed by atoms with Gasteiger partial charge in [-0.25, -0.2) is 9.97 Å². The predicted octanol–water partition coefficient (Wildman–Crippen LogP) is 2.29. The second kappa shape index (κ2) is 6.06. The van der Waals surface area contributed by atoms with Crippen LogP contribution in [-0.4, -0.2) is 27.5 Å². The number of aliphatic hydroxyl groups is 1. The number of carbonyl (C=O) groups excluding carboxylic acids is 1. The molecule has 2 aromatic rings. The van der Waals surface area contributed by atoms with Crippen molar-refractivity contribution in [3.8, 4) is 0 Å². The number of nitrogens with zero attached hydrogens (tertiary/aromatic N) is 2. The molecule has 2 N–H and O–H groups in total. The number of aromatic nitrogens is 2. The second-order valence-electron chi connectivity index (χ2n) is 5.40. The Kier molecular flexibility index (Phi) is 4.53. The Morgan fingerprint density at radius 3 is 2.73 bits per heavy atom. The molecule has 0 spiro atoms. The second-order valence-corrected chi connectivity index (χ2v) is 5.80. The van der Waals surface area contributed by atoms with E-state index >= 15 is 0 Å². The fraction of sp³-hybridized carbons (Fsp3) is 0.400. The van der Waals surface area contributed by atoms with Crippen molar-refractivity contribution in [1.29, 1.82) is 0 Å².